The van der Waals surface area contributed by atoms with Crippen molar-refractivity contribution in [1.29, 1.82) is 0 Å². The van der Waals surface area contributed by atoms with Crippen molar-refractivity contribution in [3.63, 3.8) is 0 Å². The number of carbonyl (C=O) groups is 3. The number of ketones is 1. The first-order chi connectivity index (χ1) is 12.5. The summed E-state index contributed by atoms with van der Waals surface area (Å²) in [6, 6.07) is 11.9. The Hall–Kier alpha value is -3.00. The van der Waals surface area contributed by atoms with Gasteiger partial charge in [0.25, 0.3) is 0 Å². The van der Waals surface area contributed by atoms with Gasteiger partial charge < -0.3 is 10.6 Å². The molecular formula is C18H16N4O3S. The van der Waals surface area contributed by atoms with Crippen molar-refractivity contribution in [2.24, 2.45) is 4.99 Å². The smallest absolute Gasteiger partial charge is 0.240 e. The summed E-state index contributed by atoms with van der Waals surface area (Å²) in [6.07, 6.45) is 1.63. The topological polar surface area (TPSA) is 101 Å². The van der Waals surface area contributed by atoms with Gasteiger partial charge in [-0.2, -0.15) is 0 Å². The van der Waals surface area contributed by atoms with Crippen LogP contribution in [-0.2, 0) is 9.59 Å². The van der Waals surface area contributed by atoms with Crippen molar-refractivity contribution in [2.45, 2.75) is 18.6 Å². The number of nitrogens with zero attached hydrogens (tertiary/aromatic N) is 2. The fraction of sp³-hybridized carbons (Fsp3) is 0.167. The molecule has 1 atom stereocenters. The lowest BCUT2D eigenvalue weighted by Crippen LogP contribution is -2.28. The number of pyridine rings is 1. The Morgan fingerprint density at radius 1 is 1.23 bits per heavy atom. The molecule has 1 aromatic carbocycles. The predicted molar refractivity (Wildman–Crippen MR) is 101 cm³/mol. The molecule has 1 unspecified atom stereocenters. The number of rotatable bonds is 5. The Morgan fingerprint density at radius 2 is 2.00 bits per heavy atom. The molecule has 26 heavy (non-hydrogen) atoms. The van der Waals surface area contributed by atoms with Crippen LogP contribution >= 0.6 is 11.8 Å². The number of nitrogens with one attached hydrogen (secondary N) is 2. The fourth-order valence-corrected chi connectivity index (χ4v) is 3.26. The van der Waals surface area contributed by atoms with E-state index in [9.17, 15) is 14.4 Å². The number of thioether (sulfide) groups is 1. The zero-order chi connectivity index (χ0) is 18.5. The van der Waals surface area contributed by atoms with E-state index >= 15 is 0 Å². The number of hydrogen-bond donors (Lipinski definition) is 2. The van der Waals surface area contributed by atoms with Gasteiger partial charge in [0.2, 0.25) is 11.8 Å². The Bertz CT molecular complexity index is 866. The molecule has 0 aliphatic carbocycles. The number of aliphatic imine (C=N–C) groups is 1. The van der Waals surface area contributed by atoms with Gasteiger partial charge in [0.1, 0.15) is 5.25 Å². The number of amides is 2. The first-order valence-electron chi connectivity index (χ1n) is 7.89. The average molecular weight is 368 g/mol. The Kier molecular flexibility index (Phi) is 5.43. The second kappa shape index (κ2) is 7.92. The Morgan fingerprint density at radius 3 is 2.65 bits per heavy atom. The van der Waals surface area contributed by atoms with Gasteiger partial charge in [0.15, 0.2) is 16.8 Å². The lowest BCUT2D eigenvalue weighted by Gasteiger charge is -2.07. The molecule has 0 saturated carbocycles. The third kappa shape index (κ3) is 4.54. The van der Waals surface area contributed by atoms with Gasteiger partial charge in [-0.25, -0.2) is 9.98 Å². The van der Waals surface area contributed by atoms with Crippen LogP contribution in [0.2, 0.25) is 0 Å². The van der Waals surface area contributed by atoms with Gasteiger partial charge in [0.05, 0.1) is 0 Å². The summed E-state index contributed by atoms with van der Waals surface area (Å²) in [5, 5.41) is 5.26. The molecule has 7 nitrogen and oxygen atoms in total. The van der Waals surface area contributed by atoms with Gasteiger partial charge in [0, 0.05) is 23.9 Å². The number of benzene rings is 1. The molecule has 132 valence electrons. The molecule has 2 aromatic rings. The molecule has 0 bridgehead atoms. The maximum atomic E-state index is 12.2. The van der Waals surface area contributed by atoms with Gasteiger partial charge in [-0.1, -0.05) is 17.8 Å². The normalized spacial score (nSPS) is 17.8. The van der Waals surface area contributed by atoms with Crippen LogP contribution < -0.4 is 10.6 Å². The highest BCUT2D eigenvalue weighted by Gasteiger charge is 2.32. The standard InChI is InChI=1S/C18H16N4O3S/c1-11(23)12-5-7-13(8-6-12)20-16(24)10-14-17(25)22-18(26-14)21-15-4-2-3-9-19-15/h2-9,14H,10H2,1H3,(H,20,24)(H,19,21,22,25). The maximum absolute atomic E-state index is 12.2. The van der Waals surface area contributed by atoms with E-state index in [1.807, 2.05) is 0 Å². The summed E-state index contributed by atoms with van der Waals surface area (Å²) < 4.78 is 0. The first kappa shape index (κ1) is 17.8. The second-order valence-electron chi connectivity index (χ2n) is 5.59. The largest absolute Gasteiger partial charge is 0.326 e. The third-order valence-corrected chi connectivity index (χ3v) is 4.67. The predicted octanol–water partition coefficient (Wildman–Crippen LogP) is 2.53. The minimum absolute atomic E-state index is 0.0200. The summed E-state index contributed by atoms with van der Waals surface area (Å²) in [4.78, 5) is 43.8. The quantitative estimate of drug-likeness (QED) is 0.790. The van der Waals surface area contributed by atoms with Gasteiger partial charge in [-0.3, -0.25) is 14.4 Å². The molecule has 1 aliphatic heterocycles. The highest BCUT2D eigenvalue weighted by molar-refractivity contribution is 8.15. The lowest BCUT2D eigenvalue weighted by molar-refractivity contribution is -0.122. The molecule has 2 N–H and O–H groups in total. The van der Waals surface area contributed by atoms with Crippen molar-refractivity contribution >= 4 is 46.0 Å². The van der Waals surface area contributed by atoms with Crippen molar-refractivity contribution in [3.8, 4) is 0 Å². The molecule has 2 heterocycles. The second-order valence-corrected chi connectivity index (χ2v) is 6.78. The summed E-state index contributed by atoms with van der Waals surface area (Å²) in [5.74, 6) is -0.0911. The van der Waals surface area contributed by atoms with E-state index in [1.54, 1.807) is 48.7 Å². The molecule has 3 rings (SSSR count). The molecular weight excluding hydrogens is 352 g/mol. The molecule has 1 fully saturated rings. The minimum atomic E-state index is -0.547. The number of anilines is 1. The molecule has 8 heteroatoms. The van der Waals surface area contributed by atoms with Crippen LogP contribution in [0.3, 0.4) is 0 Å². The molecule has 2 amide bonds. The monoisotopic (exact) mass is 368 g/mol. The number of Topliss-reactive ketones (excluding diaryl/α,β-unsaturated/α-hetero) is 1. The van der Waals surface area contributed by atoms with E-state index < -0.39 is 5.25 Å². The van der Waals surface area contributed by atoms with Crippen molar-refractivity contribution < 1.29 is 14.4 Å². The highest BCUT2D eigenvalue weighted by Crippen LogP contribution is 2.25. The van der Waals surface area contributed by atoms with Crippen LogP contribution in [0.1, 0.15) is 23.7 Å². The molecule has 0 radical (unpaired) electrons. The number of amidine groups is 1. The third-order valence-electron chi connectivity index (χ3n) is 3.59. The van der Waals surface area contributed by atoms with Crippen molar-refractivity contribution in [1.82, 2.24) is 10.3 Å². The van der Waals surface area contributed by atoms with Gasteiger partial charge in [-0.15, -0.1) is 0 Å². The Labute approximate surface area is 154 Å². The zero-order valence-electron chi connectivity index (χ0n) is 13.9. The van der Waals surface area contributed by atoms with Crippen LogP contribution in [-0.4, -0.2) is 33.0 Å². The van der Waals surface area contributed by atoms with Crippen LogP contribution in [0, 0.1) is 0 Å². The summed E-state index contributed by atoms with van der Waals surface area (Å²) in [5.41, 5.74) is 1.15. The molecule has 0 spiro atoms. The van der Waals surface area contributed by atoms with E-state index in [0.29, 0.717) is 22.2 Å². The maximum Gasteiger partial charge on any atom is 0.240 e. The van der Waals surface area contributed by atoms with E-state index in [4.69, 9.17) is 0 Å². The number of hydrogen-bond acceptors (Lipinski definition) is 6. The summed E-state index contributed by atoms with van der Waals surface area (Å²) >= 11 is 1.20. The van der Waals surface area contributed by atoms with E-state index in [1.165, 1.54) is 18.7 Å². The van der Waals surface area contributed by atoms with Crippen LogP contribution in [0.5, 0.6) is 0 Å². The van der Waals surface area contributed by atoms with Gasteiger partial charge >= 0.3 is 0 Å². The Balaban J connectivity index is 1.58. The average Bonchev–Trinajstić information content (AvgIpc) is 2.95. The van der Waals surface area contributed by atoms with Crippen molar-refractivity contribution in [3.05, 3.63) is 54.2 Å². The molecule has 1 aromatic heterocycles. The van der Waals surface area contributed by atoms with Crippen LogP contribution in [0.15, 0.2) is 53.7 Å². The minimum Gasteiger partial charge on any atom is -0.326 e. The molecule has 1 aliphatic rings. The zero-order valence-corrected chi connectivity index (χ0v) is 14.7. The SMILES string of the molecule is CC(=O)c1ccc(NC(=O)CC2S/C(=N/c3ccccn3)NC2=O)cc1. The van der Waals surface area contributed by atoms with Crippen molar-refractivity contribution in [2.75, 3.05) is 5.32 Å². The van der Waals surface area contributed by atoms with E-state index in [0.717, 1.165) is 0 Å². The first-order valence-corrected chi connectivity index (χ1v) is 8.77. The van der Waals surface area contributed by atoms with Gasteiger partial charge in [-0.05, 0) is 43.3 Å². The van der Waals surface area contributed by atoms with Crippen LogP contribution in [0.25, 0.3) is 0 Å². The summed E-state index contributed by atoms with van der Waals surface area (Å²) in [7, 11) is 0. The number of carbonyl (C=O) groups excluding carboxylic acids is 3. The van der Waals surface area contributed by atoms with E-state index in [-0.39, 0.29) is 24.0 Å². The number of aromatic nitrogens is 1. The van der Waals surface area contributed by atoms with E-state index in [2.05, 4.69) is 20.6 Å². The van der Waals surface area contributed by atoms with Crippen LogP contribution in [0.4, 0.5) is 11.5 Å². The summed E-state index contributed by atoms with van der Waals surface area (Å²) in [6.45, 7) is 1.48. The highest BCUT2D eigenvalue weighted by atomic mass is 32.2. The molecule has 1 saturated heterocycles. The fourth-order valence-electron chi connectivity index (χ4n) is 2.28. The lowest BCUT2D eigenvalue weighted by atomic mass is 10.1.